The summed E-state index contributed by atoms with van der Waals surface area (Å²) in [7, 11) is -2.18. The molecule has 2 rings (SSSR count). The molecular weight excluding hydrogens is 377 g/mol. The van der Waals surface area contributed by atoms with Crippen LogP contribution in [-0.4, -0.2) is 25.8 Å². The summed E-state index contributed by atoms with van der Waals surface area (Å²) in [4.78, 5) is 1.08. The van der Waals surface area contributed by atoms with Crippen molar-refractivity contribution in [3.8, 4) is 0 Å². The molecule has 1 heterocycles. The highest BCUT2D eigenvalue weighted by Crippen LogP contribution is 2.23. The topological polar surface area (TPSA) is 37.4 Å². The fourth-order valence-electron chi connectivity index (χ4n) is 1.89. The van der Waals surface area contributed by atoms with Crippen LogP contribution in [0.25, 0.3) is 0 Å². The average molecular weight is 392 g/mol. The predicted octanol–water partition coefficient (Wildman–Crippen LogP) is 3.90. The quantitative estimate of drug-likeness (QED) is 0.774. The maximum Gasteiger partial charge on any atom is 0.243 e. The van der Waals surface area contributed by atoms with Gasteiger partial charge in [0.15, 0.2) is 0 Å². The molecule has 0 bridgehead atoms. The highest BCUT2D eigenvalue weighted by Gasteiger charge is 2.26. The van der Waals surface area contributed by atoms with Crippen molar-refractivity contribution in [3.63, 3.8) is 0 Å². The second-order valence-electron chi connectivity index (χ2n) is 4.73. The Morgan fingerprint density at radius 1 is 1.38 bits per heavy atom. The first-order valence-corrected chi connectivity index (χ1v) is 9.39. The van der Waals surface area contributed by atoms with Gasteiger partial charge in [-0.2, -0.15) is 4.31 Å². The maximum atomic E-state index is 13.6. The first kappa shape index (κ1) is 16.6. The third-order valence-corrected chi connectivity index (χ3v) is 6.78. The van der Waals surface area contributed by atoms with Crippen LogP contribution in [0.5, 0.6) is 0 Å². The molecule has 21 heavy (non-hydrogen) atoms. The van der Waals surface area contributed by atoms with Gasteiger partial charge >= 0.3 is 0 Å². The zero-order valence-corrected chi connectivity index (χ0v) is 14.8. The number of hydrogen-bond donors (Lipinski definition) is 0. The van der Waals surface area contributed by atoms with Crippen LogP contribution in [0, 0.1) is 5.82 Å². The zero-order valence-electron chi connectivity index (χ0n) is 11.6. The maximum absolute atomic E-state index is 13.6. The van der Waals surface area contributed by atoms with E-state index in [4.69, 9.17) is 0 Å². The smallest absolute Gasteiger partial charge is 0.207 e. The fraction of sp³-hybridized carbons (Fsp3) is 0.286. The van der Waals surface area contributed by atoms with Gasteiger partial charge in [0.1, 0.15) is 5.82 Å². The van der Waals surface area contributed by atoms with E-state index in [0.717, 1.165) is 10.9 Å². The summed E-state index contributed by atoms with van der Waals surface area (Å²) in [5.41, 5.74) is 0. The summed E-state index contributed by atoms with van der Waals surface area (Å²) in [5.74, 6) is -0.588. The summed E-state index contributed by atoms with van der Waals surface area (Å²) in [6, 6.07) is 7.54. The van der Waals surface area contributed by atoms with Crippen molar-refractivity contribution in [2.45, 2.75) is 24.3 Å². The highest BCUT2D eigenvalue weighted by molar-refractivity contribution is 9.10. The molecule has 0 spiro atoms. The lowest BCUT2D eigenvalue weighted by atomic mass is 10.2. The summed E-state index contributed by atoms with van der Waals surface area (Å²) in [5, 5.41) is 1.96. The summed E-state index contributed by atoms with van der Waals surface area (Å²) >= 11 is 4.61. The molecule has 0 saturated heterocycles. The molecule has 0 saturated carbocycles. The Kier molecular flexibility index (Phi) is 5.19. The zero-order chi connectivity index (χ0) is 15.6. The number of likely N-dealkylation sites (N-methyl/N-ethyl adjacent to an activating group) is 1. The summed E-state index contributed by atoms with van der Waals surface area (Å²) in [6.07, 6.45) is 0.631. The van der Waals surface area contributed by atoms with Crippen molar-refractivity contribution in [2.24, 2.45) is 0 Å². The SMILES string of the molecule is CC(Cc1cccs1)N(C)S(=O)(=O)c1ccc(Br)c(F)c1. The third-order valence-electron chi connectivity index (χ3n) is 3.27. The second-order valence-corrected chi connectivity index (χ2v) is 8.61. The lowest BCUT2D eigenvalue weighted by molar-refractivity contribution is 0.388. The largest absolute Gasteiger partial charge is 0.243 e. The molecule has 7 heteroatoms. The molecule has 0 radical (unpaired) electrons. The Morgan fingerprint density at radius 2 is 2.10 bits per heavy atom. The van der Waals surface area contributed by atoms with Crippen LogP contribution in [0.3, 0.4) is 0 Å². The molecule has 0 fully saturated rings. The van der Waals surface area contributed by atoms with E-state index in [1.807, 2.05) is 24.4 Å². The number of nitrogens with zero attached hydrogens (tertiary/aromatic N) is 1. The van der Waals surface area contributed by atoms with Gasteiger partial charge in [-0.1, -0.05) is 6.07 Å². The molecule has 2 aromatic rings. The molecule has 0 amide bonds. The van der Waals surface area contributed by atoms with Gasteiger partial charge < -0.3 is 0 Å². The molecule has 1 aromatic heterocycles. The van der Waals surface area contributed by atoms with Crippen molar-refractivity contribution in [1.29, 1.82) is 0 Å². The number of sulfonamides is 1. The number of halogens is 2. The van der Waals surface area contributed by atoms with Gasteiger partial charge in [0.2, 0.25) is 10.0 Å². The third kappa shape index (κ3) is 3.71. The number of thiophene rings is 1. The summed E-state index contributed by atoms with van der Waals surface area (Å²) in [6.45, 7) is 1.84. The molecule has 114 valence electrons. The first-order valence-electron chi connectivity index (χ1n) is 6.28. The minimum absolute atomic E-state index is 0.0382. The van der Waals surface area contributed by atoms with Crippen molar-refractivity contribution >= 4 is 37.3 Å². The molecule has 0 aliphatic rings. The fourth-order valence-corrected chi connectivity index (χ4v) is 4.34. The van der Waals surface area contributed by atoms with Gasteiger partial charge in [0, 0.05) is 18.0 Å². The predicted molar refractivity (Wildman–Crippen MR) is 86.5 cm³/mol. The first-order chi connectivity index (χ1) is 9.82. The van der Waals surface area contributed by atoms with Crippen LogP contribution in [0.2, 0.25) is 0 Å². The number of hydrogen-bond acceptors (Lipinski definition) is 3. The molecule has 3 nitrogen and oxygen atoms in total. The van der Waals surface area contributed by atoms with E-state index in [1.54, 1.807) is 11.3 Å². The van der Waals surface area contributed by atoms with Crippen molar-refractivity contribution < 1.29 is 12.8 Å². The Hall–Kier alpha value is -0.760. The van der Waals surface area contributed by atoms with E-state index in [0.29, 0.717) is 6.42 Å². The summed E-state index contributed by atoms with van der Waals surface area (Å²) < 4.78 is 40.1. The minimum atomic E-state index is -3.70. The Labute approximate surface area is 136 Å². The van der Waals surface area contributed by atoms with E-state index < -0.39 is 15.8 Å². The van der Waals surface area contributed by atoms with Gasteiger partial charge in [-0.25, -0.2) is 12.8 Å². The van der Waals surface area contributed by atoms with Crippen LogP contribution in [0.4, 0.5) is 4.39 Å². The van der Waals surface area contributed by atoms with Crippen LogP contribution in [0.15, 0.2) is 45.1 Å². The highest BCUT2D eigenvalue weighted by atomic mass is 79.9. The molecule has 1 unspecified atom stereocenters. The van der Waals surface area contributed by atoms with Crippen LogP contribution < -0.4 is 0 Å². The number of benzene rings is 1. The van der Waals surface area contributed by atoms with Gasteiger partial charge in [-0.05, 0) is 58.9 Å². The van der Waals surface area contributed by atoms with Gasteiger partial charge in [-0.15, -0.1) is 11.3 Å². The van der Waals surface area contributed by atoms with Crippen molar-refractivity contribution in [2.75, 3.05) is 7.05 Å². The van der Waals surface area contributed by atoms with E-state index in [-0.39, 0.29) is 15.4 Å². The van der Waals surface area contributed by atoms with Gasteiger partial charge in [0.25, 0.3) is 0 Å². The van der Waals surface area contributed by atoms with E-state index in [9.17, 15) is 12.8 Å². The molecule has 0 aliphatic carbocycles. The Morgan fingerprint density at radius 3 is 2.67 bits per heavy atom. The van der Waals surface area contributed by atoms with Crippen LogP contribution in [-0.2, 0) is 16.4 Å². The van der Waals surface area contributed by atoms with Crippen molar-refractivity contribution in [1.82, 2.24) is 4.31 Å². The molecule has 0 N–H and O–H groups in total. The Balaban J connectivity index is 2.23. The van der Waals surface area contributed by atoms with Gasteiger partial charge in [-0.3, -0.25) is 0 Å². The number of rotatable bonds is 5. The van der Waals surface area contributed by atoms with Gasteiger partial charge in [0.05, 0.1) is 9.37 Å². The monoisotopic (exact) mass is 391 g/mol. The normalized spacial score (nSPS) is 13.6. The molecule has 1 aromatic carbocycles. The standard InChI is InChI=1S/C14H15BrFNO2S2/c1-10(8-11-4-3-7-20-11)17(2)21(18,19)12-5-6-13(15)14(16)9-12/h3-7,9-10H,8H2,1-2H3. The van der Waals surface area contributed by atoms with Crippen molar-refractivity contribution in [3.05, 3.63) is 50.9 Å². The molecule has 1 atom stereocenters. The van der Waals surface area contributed by atoms with Crippen LogP contribution in [0.1, 0.15) is 11.8 Å². The average Bonchev–Trinajstić information content (AvgIpc) is 2.93. The van der Waals surface area contributed by atoms with E-state index in [2.05, 4.69) is 15.9 Å². The second kappa shape index (κ2) is 6.56. The van der Waals surface area contributed by atoms with E-state index >= 15 is 0 Å². The lowest BCUT2D eigenvalue weighted by Gasteiger charge is -2.24. The molecular formula is C14H15BrFNO2S2. The van der Waals surface area contributed by atoms with E-state index in [1.165, 1.54) is 23.5 Å². The van der Waals surface area contributed by atoms with Crippen LogP contribution >= 0.6 is 27.3 Å². The lowest BCUT2D eigenvalue weighted by Crippen LogP contribution is -2.36. The molecule has 0 aliphatic heterocycles. The Bertz CT molecular complexity index is 717. The minimum Gasteiger partial charge on any atom is -0.207 e.